The molecule has 2 heterocycles. The van der Waals surface area contributed by atoms with Crippen molar-refractivity contribution in [2.24, 2.45) is 0 Å². The Kier molecular flexibility index (Phi) is 11.0. The molecule has 0 saturated heterocycles. The van der Waals surface area contributed by atoms with Crippen molar-refractivity contribution in [3.05, 3.63) is 45.9 Å². The molecule has 0 aromatic carbocycles. The standard InChI is InChI=1S/2C8H11NOS.Zn/c2*1-2-5-9-6-3-4-7(10)8(9)11;/h2*3-4,6,10H,2,5H2,1H3;/q;;+2/p-2. The van der Waals surface area contributed by atoms with Crippen LogP contribution >= 0.6 is 24.4 Å². The van der Waals surface area contributed by atoms with E-state index in [9.17, 15) is 10.2 Å². The maximum Gasteiger partial charge on any atom is 2.00 e. The Balaban J connectivity index is 0.000000403. The van der Waals surface area contributed by atoms with Crippen molar-refractivity contribution in [2.75, 3.05) is 0 Å². The third kappa shape index (κ3) is 6.94. The van der Waals surface area contributed by atoms with Crippen molar-refractivity contribution in [3.63, 3.8) is 0 Å². The Morgan fingerprint density at radius 1 is 0.826 bits per heavy atom. The van der Waals surface area contributed by atoms with Crippen LogP contribution in [0.1, 0.15) is 26.7 Å². The van der Waals surface area contributed by atoms with Crippen molar-refractivity contribution in [1.29, 1.82) is 0 Å². The van der Waals surface area contributed by atoms with Gasteiger partial charge in [-0.2, -0.15) is 0 Å². The Bertz CT molecular complexity index is 652. The van der Waals surface area contributed by atoms with E-state index in [-0.39, 0.29) is 31.0 Å². The number of aryl methyl sites for hydroxylation is 2. The average Bonchev–Trinajstić information content (AvgIpc) is 2.50. The van der Waals surface area contributed by atoms with E-state index < -0.39 is 0 Å². The van der Waals surface area contributed by atoms with Crippen molar-refractivity contribution in [3.8, 4) is 11.5 Å². The number of rotatable bonds is 4. The van der Waals surface area contributed by atoms with Crippen molar-refractivity contribution in [1.82, 2.24) is 9.13 Å². The van der Waals surface area contributed by atoms with Gasteiger partial charge in [0.15, 0.2) is 0 Å². The van der Waals surface area contributed by atoms with E-state index in [2.05, 4.69) is 13.8 Å². The zero-order valence-corrected chi connectivity index (χ0v) is 18.1. The molecule has 0 fully saturated rings. The molecule has 0 N–H and O–H groups in total. The molecule has 2 aromatic heterocycles. The molecule has 0 amide bonds. The minimum atomic E-state index is -0.0593. The Morgan fingerprint density at radius 2 is 1.17 bits per heavy atom. The summed E-state index contributed by atoms with van der Waals surface area (Å²) in [5, 5.41) is 22.0. The van der Waals surface area contributed by atoms with Gasteiger partial charge < -0.3 is 19.3 Å². The molecule has 4 nitrogen and oxygen atoms in total. The molecule has 0 radical (unpaired) electrons. The second kappa shape index (κ2) is 11.5. The number of nitrogens with zero attached hydrogens (tertiary/aromatic N) is 2. The molecule has 0 saturated carbocycles. The number of pyridine rings is 2. The minimum absolute atomic E-state index is 0. The maximum atomic E-state index is 11.0. The van der Waals surface area contributed by atoms with Crippen molar-refractivity contribution in [2.45, 2.75) is 39.8 Å². The normalized spacial score (nSPS) is 9.48. The van der Waals surface area contributed by atoms with Crippen LogP contribution in [-0.2, 0) is 32.6 Å². The fourth-order valence-electron chi connectivity index (χ4n) is 1.86. The summed E-state index contributed by atoms with van der Waals surface area (Å²) in [5.74, 6) is -0.119. The predicted molar refractivity (Wildman–Crippen MR) is 90.0 cm³/mol. The predicted octanol–water partition coefficient (Wildman–Crippen LogP) is 3.40. The van der Waals surface area contributed by atoms with Crippen LogP contribution in [0, 0.1) is 9.28 Å². The smallest absolute Gasteiger partial charge is 0.870 e. The van der Waals surface area contributed by atoms with E-state index in [0.29, 0.717) is 9.28 Å². The van der Waals surface area contributed by atoms with E-state index in [4.69, 9.17) is 24.4 Å². The maximum absolute atomic E-state index is 11.0. The van der Waals surface area contributed by atoms with Gasteiger partial charge in [0.05, 0.1) is 9.28 Å². The van der Waals surface area contributed by atoms with E-state index in [1.807, 2.05) is 12.4 Å². The second-order valence-electron chi connectivity index (χ2n) is 4.74. The molecule has 0 spiro atoms. The summed E-state index contributed by atoms with van der Waals surface area (Å²) in [6.07, 6.45) is 5.68. The van der Waals surface area contributed by atoms with Gasteiger partial charge in [0.1, 0.15) is 0 Å². The third-order valence-corrected chi connectivity index (χ3v) is 3.77. The van der Waals surface area contributed by atoms with Gasteiger partial charge in [0, 0.05) is 25.5 Å². The van der Waals surface area contributed by atoms with Gasteiger partial charge in [-0.3, -0.25) is 0 Å². The first-order chi connectivity index (χ1) is 10.5. The number of aromatic nitrogens is 2. The fraction of sp³-hybridized carbons (Fsp3) is 0.375. The van der Waals surface area contributed by atoms with Crippen LogP contribution in [0.5, 0.6) is 11.5 Å². The van der Waals surface area contributed by atoms with Crippen LogP contribution < -0.4 is 10.2 Å². The molecule has 0 unspecified atom stereocenters. The van der Waals surface area contributed by atoms with Gasteiger partial charge in [-0.1, -0.05) is 61.9 Å². The molecular formula is C16H20N2O2S2Zn. The van der Waals surface area contributed by atoms with Crippen LogP contribution in [0.25, 0.3) is 0 Å². The van der Waals surface area contributed by atoms with Crippen LogP contribution in [0.4, 0.5) is 0 Å². The molecule has 0 bridgehead atoms. The molecule has 0 aliphatic rings. The van der Waals surface area contributed by atoms with Gasteiger partial charge in [-0.05, 0) is 25.0 Å². The van der Waals surface area contributed by atoms with Crippen LogP contribution in [-0.4, -0.2) is 9.13 Å². The SMILES string of the molecule is CCCn1cccc([O-])c1=S.CCCn1cccc([O-])c1=S.[Zn+2]. The first-order valence-corrected chi connectivity index (χ1v) is 8.05. The van der Waals surface area contributed by atoms with Crippen molar-refractivity contribution >= 4 is 24.4 Å². The first kappa shape index (κ1) is 22.0. The van der Waals surface area contributed by atoms with E-state index >= 15 is 0 Å². The molecular weight excluding hydrogens is 382 g/mol. The third-order valence-electron chi connectivity index (χ3n) is 2.90. The van der Waals surface area contributed by atoms with Crippen LogP contribution in [0.2, 0.25) is 0 Å². The minimum Gasteiger partial charge on any atom is -0.870 e. The molecule has 120 valence electrons. The van der Waals surface area contributed by atoms with Gasteiger partial charge in [0.2, 0.25) is 0 Å². The largest absolute Gasteiger partial charge is 2.00 e. The van der Waals surface area contributed by atoms with E-state index in [1.165, 1.54) is 12.1 Å². The molecule has 2 aromatic rings. The van der Waals surface area contributed by atoms with E-state index in [1.54, 1.807) is 21.3 Å². The molecule has 2 rings (SSSR count). The number of hydrogen-bond acceptors (Lipinski definition) is 4. The Labute approximate surface area is 160 Å². The van der Waals surface area contributed by atoms with Gasteiger partial charge in [-0.25, -0.2) is 0 Å². The molecule has 23 heavy (non-hydrogen) atoms. The van der Waals surface area contributed by atoms with Crippen LogP contribution in [0.3, 0.4) is 0 Å². The van der Waals surface area contributed by atoms with E-state index in [0.717, 1.165) is 25.9 Å². The summed E-state index contributed by atoms with van der Waals surface area (Å²) in [6, 6.07) is 6.45. The topological polar surface area (TPSA) is 56.0 Å². The summed E-state index contributed by atoms with van der Waals surface area (Å²) in [5.41, 5.74) is 0. The Hall–Kier alpha value is -1.04. The first-order valence-electron chi connectivity index (χ1n) is 7.24. The Morgan fingerprint density at radius 3 is 1.48 bits per heavy atom. The molecule has 0 atom stereocenters. The van der Waals surface area contributed by atoms with Gasteiger partial charge >= 0.3 is 19.5 Å². The fourth-order valence-corrected chi connectivity index (χ4v) is 2.30. The monoisotopic (exact) mass is 400 g/mol. The van der Waals surface area contributed by atoms with Gasteiger partial charge in [-0.15, -0.1) is 0 Å². The van der Waals surface area contributed by atoms with Crippen LogP contribution in [0.15, 0.2) is 36.7 Å². The summed E-state index contributed by atoms with van der Waals surface area (Å²) in [6.45, 7) is 5.77. The summed E-state index contributed by atoms with van der Waals surface area (Å²) >= 11 is 9.82. The summed E-state index contributed by atoms with van der Waals surface area (Å²) in [4.78, 5) is 0. The zero-order valence-electron chi connectivity index (χ0n) is 13.5. The molecule has 0 aliphatic carbocycles. The average molecular weight is 402 g/mol. The number of hydrogen-bond donors (Lipinski definition) is 0. The molecule has 7 heteroatoms. The van der Waals surface area contributed by atoms with Gasteiger partial charge in [0.25, 0.3) is 0 Å². The quantitative estimate of drug-likeness (QED) is 0.582. The molecule has 0 aliphatic heterocycles. The summed E-state index contributed by atoms with van der Waals surface area (Å²) < 4.78 is 4.43. The second-order valence-corrected chi connectivity index (χ2v) is 5.52. The summed E-state index contributed by atoms with van der Waals surface area (Å²) in [7, 11) is 0. The zero-order chi connectivity index (χ0) is 16.5. The van der Waals surface area contributed by atoms with Crippen molar-refractivity contribution < 1.29 is 29.7 Å².